The zero-order valence-corrected chi connectivity index (χ0v) is 18.8. The molecular weight excluding hydrogens is 515 g/mol. The summed E-state index contributed by atoms with van der Waals surface area (Å²) in [5.41, 5.74) is 3.57. The summed E-state index contributed by atoms with van der Waals surface area (Å²) >= 11 is 13.1. The predicted octanol–water partition coefficient (Wildman–Crippen LogP) is 5.78. The first-order valence-electron chi connectivity index (χ1n) is 8.15. The molecule has 9 heteroatoms. The van der Waals surface area contributed by atoms with Gasteiger partial charge in [-0.25, -0.2) is 5.43 Å². The van der Waals surface area contributed by atoms with Crippen molar-refractivity contribution >= 4 is 66.6 Å². The SMILES string of the molecule is CCOc1cc(Cl)c(/C=N\NC(=O)c2cc3cc(Br)cc(Br)c3o2)cc1OC. The molecule has 0 bridgehead atoms. The highest BCUT2D eigenvalue weighted by molar-refractivity contribution is 9.11. The van der Waals surface area contributed by atoms with E-state index in [4.69, 9.17) is 25.5 Å². The first kappa shape index (κ1) is 20.7. The summed E-state index contributed by atoms with van der Waals surface area (Å²) in [6, 6.07) is 8.66. The van der Waals surface area contributed by atoms with Crippen molar-refractivity contribution in [2.24, 2.45) is 5.10 Å². The molecule has 2 aromatic carbocycles. The van der Waals surface area contributed by atoms with Gasteiger partial charge in [-0.05, 0) is 47.1 Å². The van der Waals surface area contributed by atoms with Crippen molar-refractivity contribution in [3.63, 3.8) is 0 Å². The Kier molecular flexibility index (Phi) is 6.64. The Morgan fingerprint density at radius 3 is 2.75 bits per heavy atom. The van der Waals surface area contributed by atoms with Crippen molar-refractivity contribution in [3.8, 4) is 11.5 Å². The number of fused-ring (bicyclic) bond motifs is 1. The second kappa shape index (κ2) is 8.98. The molecule has 1 amide bonds. The van der Waals surface area contributed by atoms with Crippen molar-refractivity contribution in [1.29, 1.82) is 0 Å². The van der Waals surface area contributed by atoms with Gasteiger partial charge in [0.15, 0.2) is 17.3 Å². The van der Waals surface area contributed by atoms with E-state index in [1.807, 2.05) is 19.1 Å². The number of ether oxygens (including phenoxy) is 2. The van der Waals surface area contributed by atoms with Crippen LogP contribution in [0.25, 0.3) is 11.0 Å². The van der Waals surface area contributed by atoms with Crippen molar-refractivity contribution in [1.82, 2.24) is 5.43 Å². The third kappa shape index (κ3) is 4.51. The van der Waals surface area contributed by atoms with Gasteiger partial charge in [0.05, 0.1) is 29.4 Å². The number of nitrogens with zero attached hydrogens (tertiary/aromatic N) is 1. The fourth-order valence-corrected chi connectivity index (χ4v) is 4.02. The largest absolute Gasteiger partial charge is 0.493 e. The normalized spacial score (nSPS) is 11.2. The molecule has 0 aliphatic heterocycles. The Labute approximate surface area is 183 Å². The number of furan rings is 1. The van der Waals surface area contributed by atoms with E-state index < -0.39 is 5.91 Å². The summed E-state index contributed by atoms with van der Waals surface area (Å²) in [7, 11) is 1.53. The summed E-state index contributed by atoms with van der Waals surface area (Å²) in [6.07, 6.45) is 1.42. The predicted molar refractivity (Wildman–Crippen MR) is 116 cm³/mol. The van der Waals surface area contributed by atoms with Crippen molar-refractivity contribution < 1.29 is 18.7 Å². The second-order valence-corrected chi connectivity index (χ2v) is 7.75. The number of carbonyl (C=O) groups is 1. The number of amides is 1. The fourth-order valence-electron chi connectivity index (χ4n) is 2.48. The molecule has 3 aromatic rings. The molecule has 1 heterocycles. The van der Waals surface area contributed by atoms with E-state index in [9.17, 15) is 4.79 Å². The minimum Gasteiger partial charge on any atom is -0.493 e. The molecule has 0 atom stereocenters. The number of rotatable bonds is 6. The lowest BCUT2D eigenvalue weighted by atomic mass is 10.2. The van der Waals surface area contributed by atoms with Crippen LogP contribution in [0.15, 0.2) is 48.8 Å². The lowest BCUT2D eigenvalue weighted by molar-refractivity contribution is 0.0929. The molecule has 0 aliphatic carbocycles. The van der Waals surface area contributed by atoms with Gasteiger partial charge in [-0.15, -0.1) is 0 Å². The molecule has 0 saturated carbocycles. The van der Waals surface area contributed by atoms with E-state index in [1.165, 1.54) is 13.3 Å². The van der Waals surface area contributed by atoms with E-state index in [2.05, 4.69) is 42.4 Å². The number of nitrogens with one attached hydrogen (secondary N) is 1. The molecule has 0 saturated heterocycles. The highest BCUT2D eigenvalue weighted by atomic mass is 79.9. The number of hydrogen-bond donors (Lipinski definition) is 1. The molecule has 3 rings (SSSR count). The number of hydrazone groups is 1. The van der Waals surface area contributed by atoms with Crippen molar-refractivity contribution in [2.45, 2.75) is 6.92 Å². The van der Waals surface area contributed by atoms with Crippen LogP contribution in [0.5, 0.6) is 11.5 Å². The first-order valence-corrected chi connectivity index (χ1v) is 10.1. The van der Waals surface area contributed by atoms with Gasteiger partial charge in [0.2, 0.25) is 0 Å². The molecule has 146 valence electrons. The molecule has 0 unspecified atom stereocenters. The van der Waals surface area contributed by atoms with Crippen LogP contribution < -0.4 is 14.9 Å². The summed E-state index contributed by atoms with van der Waals surface area (Å²) in [5.74, 6) is 0.716. The summed E-state index contributed by atoms with van der Waals surface area (Å²) in [4.78, 5) is 12.3. The van der Waals surface area contributed by atoms with E-state index >= 15 is 0 Å². The molecule has 1 aromatic heterocycles. The zero-order valence-electron chi connectivity index (χ0n) is 14.9. The highest BCUT2D eigenvalue weighted by Gasteiger charge is 2.14. The van der Waals surface area contributed by atoms with Gasteiger partial charge in [-0.2, -0.15) is 5.10 Å². The Morgan fingerprint density at radius 2 is 2.04 bits per heavy atom. The molecule has 6 nitrogen and oxygen atoms in total. The van der Waals surface area contributed by atoms with E-state index in [-0.39, 0.29) is 5.76 Å². The monoisotopic (exact) mass is 528 g/mol. The summed E-state index contributed by atoms with van der Waals surface area (Å²) in [6.45, 7) is 2.36. The number of halogens is 3. The van der Waals surface area contributed by atoms with E-state index in [0.29, 0.717) is 34.3 Å². The van der Waals surface area contributed by atoms with Gasteiger partial charge >= 0.3 is 5.91 Å². The molecular formula is C19H15Br2ClN2O4. The third-order valence-corrected chi connectivity index (χ3v) is 5.09. The Morgan fingerprint density at radius 1 is 1.25 bits per heavy atom. The van der Waals surface area contributed by atoms with Crippen LogP contribution in [0, 0.1) is 0 Å². The second-order valence-electron chi connectivity index (χ2n) is 5.57. The summed E-state index contributed by atoms with van der Waals surface area (Å²) < 4.78 is 18.0. The van der Waals surface area contributed by atoms with Crippen LogP contribution in [0.3, 0.4) is 0 Å². The first-order chi connectivity index (χ1) is 13.4. The van der Waals surface area contributed by atoms with Crippen molar-refractivity contribution in [3.05, 3.63) is 55.6 Å². The van der Waals surface area contributed by atoms with Gasteiger partial charge in [0.25, 0.3) is 0 Å². The molecule has 28 heavy (non-hydrogen) atoms. The maximum atomic E-state index is 12.3. The molecule has 0 fully saturated rings. The van der Waals surface area contributed by atoms with E-state index in [1.54, 1.807) is 18.2 Å². The van der Waals surface area contributed by atoms with Crippen LogP contribution in [0.2, 0.25) is 5.02 Å². The van der Waals surface area contributed by atoms with Crippen LogP contribution in [0.1, 0.15) is 23.0 Å². The number of carbonyl (C=O) groups excluding carboxylic acids is 1. The zero-order chi connectivity index (χ0) is 20.3. The Balaban J connectivity index is 1.77. The van der Waals surface area contributed by atoms with Gasteiger partial charge in [0.1, 0.15) is 5.58 Å². The standard InChI is InChI=1S/C19H15Br2ClN2O4/c1-3-27-16-8-14(22)11(6-15(16)26-2)9-23-24-19(25)17-5-10-4-12(20)7-13(21)18(10)28-17/h4-9H,3H2,1-2H3,(H,24,25)/b23-9-. The Hall–Kier alpha value is -2.03. The molecule has 0 spiro atoms. The number of methoxy groups -OCH3 is 1. The smallest absolute Gasteiger partial charge is 0.307 e. The molecule has 0 aliphatic rings. The van der Waals surface area contributed by atoms with Crippen LogP contribution >= 0.6 is 43.5 Å². The average Bonchev–Trinajstić information content (AvgIpc) is 3.08. The third-order valence-electron chi connectivity index (χ3n) is 3.71. The average molecular weight is 531 g/mol. The quantitative estimate of drug-likeness (QED) is 0.324. The van der Waals surface area contributed by atoms with Crippen molar-refractivity contribution in [2.75, 3.05) is 13.7 Å². The molecule has 0 radical (unpaired) electrons. The van der Waals surface area contributed by atoms with Crippen LogP contribution in [-0.4, -0.2) is 25.8 Å². The number of benzene rings is 2. The van der Waals surface area contributed by atoms with E-state index in [0.717, 1.165) is 14.3 Å². The highest BCUT2D eigenvalue weighted by Crippen LogP contribution is 2.33. The molecule has 1 N–H and O–H groups in total. The minimum atomic E-state index is -0.482. The van der Waals surface area contributed by atoms with Crippen LogP contribution in [-0.2, 0) is 0 Å². The maximum Gasteiger partial charge on any atom is 0.307 e. The van der Waals surface area contributed by atoms with Gasteiger partial charge in [-0.3, -0.25) is 4.79 Å². The Bertz CT molecular complexity index is 1070. The fraction of sp³-hybridized carbons (Fsp3) is 0.158. The van der Waals surface area contributed by atoms with Crippen LogP contribution in [0.4, 0.5) is 0 Å². The maximum absolute atomic E-state index is 12.3. The van der Waals surface area contributed by atoms with Gasteiger partial charge in [0, 0.05) is 21.5 Å². The topological polar surface area (TPSA) is 73.1 Å². The lowest BCUT2D eigenvalue weighted by Gasteiger charge is -2.10. The van der Waals surface area contributed by atoms with Gasteiger partial charge in [-0.1, -0.05) is 27.5 Å². The minimum absolute atomic E-state index is 0.140. The van der Waals surface area contributed by atoms with Gasteiger partial charge < -0.3 is 13.9 Å². The number of hydrogen-bond acceptors (Lipinski definition) is 5. The lowest BCUT2D eigenvalue weighted by Crippen LogP contribution is -2.16. The summed E-state index contributed by atoms with van der Waals surface area (Å²) in [5, 5.41) is 5.16.